The van der Waals surface area contributed by atoms with E-state index in [0.29, 0.717) is 17.6 Å². The molecule has 4 rings (SSSR count). The van der Waals surface area contributed by atoms with Crippen LogP contribution in [0.15, 0.2) is 53.8 Å². The minimum absolute atomic E-state index is 0.00951. The Morgan fingerprint density at radius 1 is 1.05 bits per heavy atom. The smallest absolute Gasteiger partial charge is 0.335 e. The summed E-state index contributed by atoms with van der Waals surface area (Å²) >= 11 is 0. The van der Waals surface area contributed by atoms with Crippen molar-refractivity contribution in [3.8, 4) is 5.75 Å². The van der Waals surface area contributed by atoms with Gasteiger partial charge < -0.3 is 49.6 Å². The van der Waals surface area contributed by atoms with Gasteiger partial charge in [0, 0.05) is 12.0 Å². The Bertz CT molecular complexity index is 1080. The average molecular weight is 520 g/mol. The molecule has 1 aliphatic carbocycles. The van der Waals surface area contributed by atoms with E-state index in [9.17, 15) is 40.2 Å². The molecule has 1 fully saturated rings. The van der Waals surface area contributed by atoms with Crippen LogP contribution in [-0.2, 0) is 28.5 Å². The second-order valence-electron chi connectivity index (χ2n) is 8.89. The number of allylic oxidation sites excluding steroid dienone is 1. The van der Waals surface area contributed by atoms with Crippen molar-refractivity contribution >= 4 is 18.0 Å². The Morgan fingerprint density at radius 2 is 1.78 bits per heavy atom. The highest BCUT2D eigenvalue weighted by molar-refractivity contribution is 5.87. The first-order valence-electron chi connectivity index (χ1n) is 11.6. The molecule has 0 saturated carbocycles. The van der Waals surface area contributed by atoms with Crippen LogP contribution in [-0.4, -0.2) is 92.8 Å². The largest absolute Gasteiger partial charge is 0.508 e. The Hall–Kier alpha value is -3.26. The summed E-state index contributed by atoms with van der Waals surface area (Å²) in [5.74, 6) is -3.08. The third kappa shape index (κ3) is 5.85. The van der Waals surface area contributed by atoms with Gasteiger partial charge in [0.1, 0.15) is 36.8 Å². The molecule has 0 unspecified atom stereocenters. The van der Waals surface area contributed by atoms with Gasteiger partial charge in [-0.2, -0.15) is 0 Å². The molecule has 2 aliphatic heterocycles. The SMILES string of the molecule is O=C(C=Cc1ccc(O)cc1)OC[C@H]1O[C@@H](O[C@@H]2OC=C(C(=O)O)[C@H]3CC=C(CO)[C@@H]23)[C@H](O)[C@@H](O)[C@@H]1O. The predicted octanol–water partition coefficient (Wildman–Crippen LogP) is -0.348. The van der Waals surface area contributed by atoms with Crippen LogP contribution in [0.5, 0.6) is 5.75 Å². The number of aliphatic hydroxyl groups excluding tert-OH is 4. The number of aliphatic carboxylic acids is 1. The maximum atomic E-state index is 12.1. The normalized spacial score (nSPS) is 33.3. The monoisotopic (exact) mass is 520 g/mol. The number of carboxylic acid groups (broad SMARTS) is 1. The first kappa shape index (κ1) is 26.8. The molecule has 6 N–H and O–H groups in total. The van der Waals surface area contributed by atoms with Gasteiger partial charge in [-0.15, -0.1) is 0 Å². The number of fused-ring (bicyclic) bond motifs is 1. The van der Waals surface area contributed by atoms with E-state index in [1.54, 1.807) is 18.2 Å². The fourth-order valence-corrected chi connectivity index (χ4v) is 4.57. The fraction of sp³-hybridized carbons (Fsp3) is 0.440. The molecule has 1 aromatic carbocycles. The lowest BCUT2D eigenvalue weighted by atomic mass is 9.83. The van der Waals surface area contributed by atoms with Crippen molar-refractivity contribution < 1.29 is 59.2 Å². The summed E-state index contributed by atoms with van der Waals surface area (Å²) in [6.07, 6.45) is -3.31. The lowest BCUT2D eigenvalue weighted by Gasteiger charge is -2.43. The number of phenolic OH excluding ortho intramolecular Hbond substituents is 1. The number of benzene rings is 1. The number of hydrogen-bond donors (Lipinski definition) is 6. The lowest BCUT2D eigenvalue weighted by molar-refractivity contribution is -0.339. The van der Waals surface area contributed by atoms with Crippen molar-refractivity contribution in [3.63, 3.8) is 0 Å². The quantitative estimate of drug-likeness (QED) is 0.149. The van der Waals surface area contributed by atoms with Crippen LogP contribution in [0, 0.1) is 11.8 Å². The fourth-order valence-electron chi connectivity index (χ4n) is 4.57. The Kier molecular flexibility index (Phi) is 8.27. The molecule has 8 atom stereocenters. The first-order chi connectivity index (χ1) is 17.7. The standard InChI is InChI=1S/C25H28O12/c26-9-13-4-7-15-16(23(32)33)10-35-24(19(13)15)37-25-22(31)21(30)20(29)17(36-25)11-34-18(28)8-3-12-1-5-14(27)6-2-12/h1-6,8,10,15,17,19-22,24-27,29-31H,7,9,11H2,(H,32,33)/t15-,17-,19-,20-,21+,22-,24+,25+/m1/s1. The van der Waals surface area contributed by atoms with Gasteiger partial charge in [0.05, 0.1) is 24.4 Å². The van der Waals surface area contributed by atoms with Gasteiger partial charge in [-0.3, -0.25) is 0 Å². The van der Waals surface area contributed by atoms with Crippen molar-refractivity contribution in [2.75, 3.05) is 13.2 Å². The average Bonchev–Trinajstić information content (AvgIpc) is 3.32. The topological polar surface area (TPSA) is 192 Å². The first-order valence-corrected chi connectivity index (χ1v) is 11.6. The van der Waals surface area contributed by atoms with Crippen LogP contribution in [0.2, 0.25) is 0 Å². The van der Waals surface area contributed by atoms with Crippen LogP contribution < -0.4 is 0 Å². The molecule has 12 nitrogen and oxygen atoms in total. The van der Waals surface area contributed by atoms with Crippen molar-refractivity contribution in [1.82, 2.24) is 0 Å². The second-order valence-corrected chi connectivity index (χ2v) is 8.89. The van der Waals surface area contributed by atoms with Crippen molar-refractivity contribution in [2.24, 2.45) is 11.8 Å². The number of aromatic hydroxyl groups is 1. The highest BCUT2D eigenvalue weighted by Crippen LogP contribution is 2.44. The van der Waals surface area contributed by atoms with Gasteiger partial charge >= 0.3 is 11.9 Å². The molecule has 200 valence electrons. The van der Waals surface area contributed by atoms with Gasteiger partial charge in [0.25, 0.3) is 0 Å². The number of hydrogen-bond acceptors (Lipinski definition) is 11. The zero-order valence-electron chi connectivity index (χ0n) is 19.5. The molecule has 3 aliphatic rings. The van der Waals surface area contributed by atoms with E-state index in [0.717, 1.165) is 12.3 Å². The number of rotatable bonds is 8. The Morgan fingerprint density at radius 3 is 2.46 bits per heavy atom. The van der Waals surface area contributed by atoms with E-state index >= 15 is 0 Å². The maximum absolute atomic E-state index is 12.1. The summed E-state index contributed by atoms with van der Waals surface area (Å²) in [5, 5.41) is 59.6. The van der Waals surface area contributed by atoms with Gasteiger partial charge in [-0.05, 0) is 35.8 Å². The minimum Gasteiger partial charge on any atom is -0.508 e. The molecule has 37 heavy (non-hydrogen) atoms. The molecule has 0 spiro atoms. The van der Waals surface area contributed by atoms with Crippen LogP contribution in [0.3, 0.4) is 0 Å². The summed E-state index contributed by atoms with van der Waals surface area (Å²) in [6, 6.07) is 6.07. The van der Waals surface area contributed by atoms with E-state index in [2.05, 4.69) is 0 Å². The number of carbonyl (C=O) groups is 2. The van der Waals surface area contributed by atoms with E-state index in [-0.39, 0.29) is 17.9 Å². The van der Waals surface area contributed by atoms with E-state index in [1.807, 2.05) is 0 Å². The summed E-state index contributed by atoms with van der Waals surface area (Å²) in [5.41, 5.74) is 1.14. The van der Waals surface area contributed by atoms with E-state index < -0.39 is 67.4 Å². The highest BCUT2D eigenvalue weighted by Gasteiger charge is 2.49. The number of carboxylic acids is 1. The minimum atomic E-state index is -1.71. The van der Waals surface area contributed by atoms with Gasteiger partial charge in [-0.1, -0.05) is 18.2 Å². The number of ether oxygens (including phenoxy) is 4. The third-order valence-electron chi connectivity index (χ3n) is 6.58. The molecule has 2 heterocycles. The maximum Gasteiger partial charge on any atom is 0.335 e. The molecule has 0 aromatic heterocycles. The number of aliphatic hydroxyl groups is 4. The zero-order valence-corrected chi connectivity index (χ0v) is 19.5. The van der Waals surface area contributed by atoms with E-state index in [1.165, 1.54) is 18.2 Å². The Balaban J connectivity index is 1.40. The van der Waals surface area contributed by atoms with Crippen molar-refractivity contribution in [2.45, 2.75) is 43.4 Å². The van der Waals surface area contributed by atoms with Crippen LogP contribution >= 0.6 is 0 Å². The predicted molar refractivity (Wildman–Crippen MR) is 123 cm³/mol. The summed E-state index contributed by atoms with van der Waals surface area (Å²) < 4.78 is 21.9. The summed E-state index contributed by atoms with van der Waals surface area (Å²) in [6.45, 7) is -0.838. The summed E-state index contributed by atoms with van der Waals surface area (Å²) in [4.78, 5) is 23.7. The molecule has 0 bridgehead atoms. The molecule has 0 amide bonds. The molecule has 1 aromatic rings. The lowest BCUT2D eigenvalue weighted by Crippen LogP contribution is -2.60. The number of carbonyl (C=O) groups excluding carboxylic acids is 1. The van der Waals surface area contributed by atoms with Crippen LogP contribution in [0.25, 0.3) is 6.08 Å². The zero-order chi connectivity index (χ0) is 26.7. The Labute approximate surface area is 211 Å². The molecule has 12 heteroatoms. The van der Waals surface area contributed by atoms with Gasteiger partial charge in [0.15, 0.2) is 6.29 Å². The van der Waals surface area contributed by atoms with Crippen molar-refractivity contribution in [1.29, 1.82) is 0 Å². The van der Waals surface area contributed by atoms with Gasteiger partial charge in [-0.25, -0.2) is 9.59 Å². The van der Waals surface area contributed by atoms with Crippen LogP contribution in [0.1, 0.15) is 12.0 Å². The third-order valence-corrected chi connectivity index (χ3v) is 6.58. The van der Waals surface area contributed by atoms with Crippen LogP contribution in [0.4, 0.5) is 0 Å². The number of phenols is 1. The molecular weight excluding hydrogens is 492 g/mol. The number of esters is 1. The molecule has 1 saturated heterocycles. The van der Waals surface area contributed by atoms with Crippen molar-refractivity contribution in [3.05, 3.63) is 59.4 Å². The molecule has 0 radical (unpaired) electrons. The highest BCUT2D eigenvalue weighted by atomic mass is 16.8. The summed E-state index contributed by atoms with van der Waals surface area (Å²) in [7, 11) is 0. The van der Waals surface area contributed by atoms with E-state index in [4.69, 9.17) is 18.9 Å². The molecular formula is C25H28O12. The second kappa shape index (κ2) is 11.4. The van der Waals surface area contributed by atoms with Gasteiger partial charge in [0.2, 0.25) is 6.29 Å².